The lowest BCUT2D eigenvalue weighted by atomic mass is 10.1. The van der Waals surface area contributed by atoms with Crippen LogP contribution >= 0.6 is 22.9 Å². The van der Waals surface area contributed by atoms with Crippen LogP contribution in [0.3, 0.4) is 0 Å². The Morgan fingerprint density at radius 1 is 1.12 bits per heavy atom. The van der Waals surface area contributed by atoms with Gasteiger partial charge in [-0.25, -0.2) is 13.4 Å². The zero-order chi connectivity index (χ0) is 24.5. The molecular formula is C23H20ClF3N2O3S2. The van der Waals surface area contributed by atoms with Gasteiger partial charge >= 0.3 is 6.18 Å². The van der Waals surface area contributed by atoms with E-state index in [9.17, 15) is 26.4 Å². The van der Waals surface area contributed by atoms with Gasteiger partial charge in [0.1, 0.15) is 0 Å². The number of aryl methyl sites for hydroxylation is 1. The van der Waals surface area contributed by atoms with Crippen molar-refractivity contribution in [3.63, 3.8) is 0 Å². The van der Waals surface area contributed by atoms with E-state index in [1.54, 1.807) is 5.38 Å². The Labute approximate surface area is 204 Å². The summed E-state index contributed by atoms with van der Waals surface area (Å²) >= 11 is 7.17. The van der Waals surface area contributed by atoms with Crippen LogP contribution < -0.4 is 0 Å². The fourth-order valence-electron chi connectivity index (χ4n) is 3.88. The molecule has 34 heavy (non-hydrogen) atoms. The van der Waals surface area contributed by atoms with E-state index >= 15 is 0 Å². The molecule has 0 radical (unpaired) electrons. The van der Waals surface area contributed by atoms with Crippen LogP contribution in [-0.4, -0.2) is 36.1 Å². The number of rotatable bonds is 7. The minimum absolute atomic E-state index is 0.0951. The van der Waals surface area contributed by atoms with Gasteiger partial charge in [0.05, 0.1) is 27.2 Å². The minimum atomic E-state index is -4.40. The summed E-state index contributed by atoms with van der Waals surface area (Å²) in [7, 11) is -3.82. The lowest BCUT2D eigenvalue weighted by molar-refractivity contribution is -0.137. The van der Waals surface area contributed by atoms with Crippen molar-refractivity contribution in [1.82, 2.24) is 9.29 Å². The summed E-state index contributed by atoms with van der Waals surface area (Å²) in [5.41, 5.74) is 0.360. The topological polar surface area (TPSA) is 67.3 Å². The van der Waals surface area contributed by atoms with Crippen LogP contribution in [0, 0.1) is 0 Å². The molecule has 3 aromatic rings. The Hall–Kier alpha value is -2.27. The van der Waals surface area contributed by atoms with Gasteiger partial charge in [0.15, 0.2) is 5.78 Å². The van der Waals surface area contributed by atoms with Crippen molar-refractivity contribution in [2.75, 3.05) is 6.54 Å². The van der Waals surface area contributed by atoms with E-state index in [0.29, 0.717) is 40.6 Å². The molecule has 1 atom stereocenters. The van der Waals surface area contributed by atoms with E-state index in [1.165, 1.54) is 52.0 Å². The summed E-state index contributed by atoms with van der Waals surface area (Å²) in [5, 5.41) is 2.82. The van der Waals surface area contributed by atoms with Crippen molar-refractivity contribution in [3.05, 3.63) is 69.5 Å². The number of hydrogen-bond acceptors (Lipinski definition) is 5. The molecule has 0 amide bonds. The van der Waals surface area contributed by atoms with Crippen LogP contribution in [-0.2, 0) is 27.4 Å². The van der Waals surface area contributed by atoms with Gasteiger partial charge in [-0.05, 0) is 49.2 Å². The van der Waals surface area contributed by atoms with Crippen molar-refractivity contribution in [2.24, 2.45) is 0 Å². The Balaban J connectivity index is 1.41. The summed E-state index contributed by atoms with van der Waals surface area (Å²) in [5.74, 6) is -0.179. The van der Waals surface area contributed by atoms with Crippen LogP contribution in [0.4, 0.5) is 13.2 Å². The normalized spacial score (nSPS) is 17.2. The van der Waals surface area contributed by atoms with Crippen LogP contribution in [0.2, 0.25) is 5.02 Å². The van der Waals surface area contributed by atoms with Gasteiger partial charge in [-0.3, -0.25) is 4.79 Å². The van der Waals surface area contributed by atoms with Crippen molar-refractivity contribution in [1.29, 1.82) is 0 Å². The number of nitrogens with zero attached hydrogens (tertiary/aromatic N) is 2. The minimum Gasteiger partial charge on any atom is -0.298 e. The maximum Gasteiger partial charge on any atom is 0.416 e. The van der Waals surface area contributed by atoms with Crippen molar-refractivity contribution in [3.8, 4) is 11.3 Å². The highest BCUT2D eigenvalue weighted by atomic mass is 35.5. The number of alkyl halides is 3. The zero-order valence-electron chi connectivity index (χ0n) is 17.8. The molecule has 2 aromatic carbocycles. The van der Waals surface area contributed by atoms with Gasteiger partial charge in [-0.1, -0.05) is 23.7 Å². The van der Waals surface area contributed by atoms with Crippen LogP contribution in [0.15, 0.2) is 58.8 Å². The number of hydrogen-bond donors (Lipinski definition) is 0. The van der Waals surface area contributed by atoms with Crippen LogP contribution in [0.1, 0.15) is 29.8 Å². The number of carbonyl (C=O) groups is 1. The Bertz CT molecular complexity index is 1270. The molecule has 1 saturated heterocycles. The first-order valence-corrected chi connectivity index (χ1v) is 13.2. The SMILES string of the molecule is O=C(CCc1nc(-c2ccc(C(F)(F)F)cc2)cs1)[C@@H]1CCCN1S(=O)(=O)c1ccc(Cl)cc1. The number of sulfonamides is 1. The predicted molar refractivity (Wildman–Crippen MR) is 124 cm³/mol. The Morgan fingerprint density at radius 2 is 1.79 bits per heavy atom. The lowest BCUT2D eigenvalue weighted by Gasteiger charge is -2.23. The van der Waals surface area contributed by atoms with E-state index in [0.717, 1.165) is 12.1 Å². The molecule has 1 aromatic heterocycles. The second kappa shape index (κ2) is 9.77. The van der Waals surface area contributed by atoms with Gasteiger partial charge in [0, 0.05) is 35.4 Å². The number of carbonyl (C=O) groups excluding carboxylic acids is 1. The number of ketones is 1. The quantitative estimate of drug-likeness (QED) is 0.386. The van der Waals surface area contributed by atoms with E-state index in [4.69, 9.17) is 11.6 Å². The first-order valence-electron chi connectivity index (χ1n) is 10.5. The molecule has 11 heteroatoms. The fraction of sp³-hybridized carbons (Fsp3) is 0.304. The third-order valence-electron chi connectivity index (χ3n) is 5.64. The molecule has 4 rings (SSSR count). The second-order valence-corrected chi connectivity index (χ2v) is 11.2. The molecule has 5 nitrogen and oxygen atoms in total. The van der Waals surface area contributed by atoms with Gasteiger partial charge in [-0.15, -0.1) is 11.3 Å². The standard InChI is InChI=1S/C23H20ClF3N2O3S2/c24-17-7-9-18(10-8-17)34(31,32)29-13-1-2-20(29)21(30)11-12-22-28-19(14-33-22)15-3-5-16(6-4-15)23(25,26)27/h3-10,14,20H,1-2,11-13H2/t20-/m0/s1. The molecule has 0 unspecified atom stereocenters. The van der Waals surface area contributed by atoms with Gasteiger partial charge < -0.3 is 0 Å². The number of thiazole rings is 1. The van der Waals surface area contributed by atoms with E-state index in [-0.39, 0.29) is 23.6 Å². The molecule has 0 saturated carbocycles. The molecule has 0 aliphatic carbocycles. The number of benzene rings is 2. The number of halogens is 4. The van der Waals surface area contributed by atoms with Gasteiger partial charge in [-0.2, -0.15) is 17.5 Å². The number of aromatic nitrogens is 1. The molecule has 2 heterocycles. The second-order valence-electron chi connectivity index (χ2n) is 7.90. The summed E-state index contributed by atoms with van der Waals surface area (Å²) in [6, 6.07) is 9.87. The molecule has 0 bridgehead atoms. The number of Topliss-reactive ketones (excluding diaryl/α,β-unsaturated/α-hetero) is 1. The van der Waals surface area contributed by atoms with Crippen molar-refractivity contribution in [2.45, 2.75) is 42.8 Å². The van der Waals surface area contributed by atoms with Crippen LogP contribution in [0.25, 0.3) is 11.3 Å². The largest absolute Gasteiger partial charge is 0.416 e. The third kappa shape index (κ3) is 5.35. The Kier molecular flexibility index (Phi) is 7.14. The van der Waals surface area contributed by atoms with Gasteiger partial charge in [0.25, 0.3) is 0 Å². The smallest absolute Gasteiger partial charge is 0.298 e. The molecule has 0 N–H and O–H groups in total. The van der Waals surface area contributed by atoms with E-state index in [1.807, 2.05) is 0 Å². The molecule has 1 fully saturated rings. The van der Waals surface area contributed by atoms with E-state index in [2.05, 4.69) is 4.98 Å². The zero-order valence-corrected chi connectivity index (χ0v) is 20.1. The van der Waals surface area contributed by atoms with Crippen molar-refractivity contribution < 1.29 is 26.4 Å². The molecule has 0 spiro atoms. The molecule has 180 valence electrons. The highest BCUT2D eigenvalue weighted by Gasteiger charge is 2.39. The molecule has 1 aliphatic heterocycles. The maximum atomic E-state index is 13.0. The average Bonchev–Trinajstić information content (AvgIpc) is 3.48. The molecular weight excluding hydrogens is 509 g/mol. The average molecular weight is 529 g/mol. The third-order valence-corrected chi connectivity index (χ3v) is 8.72. The maximum absolute atomic E-state index is 13.0. The van der Waals surface area contributed by atoms with Crippen LogP contribution in [0.5, 0.6) is 0 Å². The van der Waals surface area contributed by atoms with Crippen molar-refractivity contribution >= 4 is 38.7 Å². The fourth-order valence-corrected chi connectivity index (χ4v) is 6.49. The van der Waals surface area contributed by atoms with Gasteiger partial charge in [0.2, 0.25) is 10.0 Å². The molecule has 1 aliphatic rings. The first-order chi connectivity index (χ1) is 16.1. The Morgan fingerprint density at radius 3 is 2.44 bits per heavy atom. The first kappa shape index (κ1) is 24.8. The lowest BCUT2D eigenvalue weighted by Crippen LogP contribution is -2.40. The predicted octanol–water partition coefficient (Wildman–Crippen LogP) is 5.84. The summed E-state index contributed by atoms with van der Waals surface area (Å²) in [4.78, 5) is 17.4. The summed E-state index contributed by atoms with van der Waals surface area (Å²) in [6.45, 7) is 0.274. The van der Waals surface area contributed by atoms with E-state index < -0.39 is 27.8 Å². The summed E-state index contributed by atoms with van der Waals surface area (Å²) < 4.78 is 65.6. The monoisotopic (exact) mass is 528 g/mol. The summed E-state index contributed by atoms with van der Waals surface area (Å²) in [6.07, 6.45) is -2.90. The highest BCUT2D eigenvalue weighted by Crippen LogP contribution is 2.32. The highest BCUT2D eigenvalue weighted by molar-refractivity contribution is 7.89.